The zero-order valence-electron chi connectivity index (χ0n) is 14.4. The Morgan fingerprint density at radius 1 is 0.889 bits per heavy atom. The Hall–Kier alpha value is -2.26. The fraction of sp³-hybridized carbons (Fsp3) is 0.0455. The van der Waals surface area contributed by atoms with Crippen LogP contribution in [0.15, 0.2) is 66.7 Å². The van der Waals surface area contributed by atoms with Gasteiger partial charge < -0.3 is 5.11 Å². The van der Waals surface area contributed by atoms with Crippen molar-refractivity contribution in [2.45, 2.75) is 6.92 Å². The van der Waals surface area contributed by atoms with Crippen molar-refractivity contribution in [3.8, 4) is 28.1 Å². The van der Waals surface area contributed by atoms with Gasteiger partial charge in [-0.1, -0.05) is 41.4 Å². The molecule has 4 rings (SSSR count). The van der Waals surface area contributed by atoms with E-state index in [0.717, 1.165) is 38.9 Å². The summed E-state index contributed by atoms with van der Waals surface area (Å²) in [5, 5.41) is 11.9. The van der Waals surface area contributed by atoms with Crippen molar-refractivity contribution >= 4 is 46.5 Å². The highest BCUT2D eigenvalue weighted by molar-refractivity contribution is 6.34. The average molecular weight is 417 g/mol. The molecule has 1 heterocycles. The molecule has 27 heavy (non-hydrogen) atoms. The molecule has 0 radical (unpaired) electrons. The van der Waals surface area contributed by atoms with Crippen LogP contribution < -0.4 is 0 Å². The van der Waals surface area contributed by atoms with Crippen molar-refractivity contribution < 1.29 is 5.11 Å². The molecule has 0 aliphatic heterocycles. The van der Waals surface area contributed by atoms with Crippen LogP contribution in [0.25, 0.3) is 33.3 Å². The average Bonchev–Trinajstić information content (AvgIpc) is 2.63. The minimum atomic E-state index is 0. The molecule has 0 aliphatic carbocycles. The number of halogens is 3. The topological polar surface area (TPSA) is 33.1 Å². The van der Waals surface area contributed by atoms with Gasteiger partial charge in [-0.3, -0.25) is 0 Å². The number of hydrogen-bond acceptors (Lipinski definition) is 2. The second kappa shape index (κ2) is 7.77. The number of fused-ring (bicyclic) bond motifs is 1. The molecule has 0 saturated carbocycles. The standard InChI is InChI=1S/C22H15Cl2NO.ClH/c1-13-21(17-4-2-3-5-19(17)24)18-12-15(23)8-11-20(18)25-22(13)14-6-9-16(26)10-7-14;/h2-12,26H,1H3;1H. The SMILES string of the molecule is Cc1c(-c2ccc(O)cc2)nc2ccc(Cl)cc2c1-c1ccccc1Cl.Cl. The summed E-state index contributed by atoms with van der Waals surface area (Å²) in [5.74, 6) is 0.227. The van der Waals surface area contributed by atoms with Gasteiger partial charge in [-0.2, -0.15) is 0 Å². The van der Waals surface area contributed by atoms with Crippen LogP contribution in [0, 0.1) is 6.92 Å². The summed E-state index contributed by atoms with van der Waals surface area (Å²) in [7, 11) is 0. The Bertz CT molecular complexity index is 1120. The molecular weight excluding hydrogens is 401 g/mol. The quantitative estimate of drug-likeness (QED) is 0.371. The second-order valence-electron chi connectivity index (χ2n) is 6.15. The summed E-state index contributed by atoms with van der Waals surface area (Å²) < 4.78 is 0. The van der Waals surface area contributed by atoms with Crippen molar-refractivity contribution in [2.75, 3.05) is 0 Å². The molecule has 0 fully saturated rings. The molecule has 0 spiro atoms. The number of benzene rings is 3. The molecule has 0 atom stereocenters. The minimum Gasteiger partial charge on any atom is -0.508 e. The van der Waals surface area contributed by atoms with Crippen LogP contribution in [0.5, 0.6) is 5.75 Å². The Kier molecular flexibility index (Phi) is 5.61. The van der Waals surface area contributed by atoms with E-state index >= 15 is 0 Å². The molecule has 2 nitrogen and oxygen atoms in total. The lowest BCUT2D eigenvalue weighted by molar-refractivity contribution is 0.475. The number of rotatable bonds is 2. The zero-order chi connectivity index (χ0) is 18.3. The van der Waals surface area contributed by atoms with E-state index in [1.165, 1.54) is 0 Å². The van der Waals surface area contributed by atoms with Crippen LogP contribution in [0.2, 0.25) is 10.0 Å². The Labute approximate surface area is 173 Å². The van der Waals surface area contributed by atoms with Gasteiger partial charge in [0.2, 0.25) is 0 Å². The molecular formula is C22H16Cl3NO. The normalized spacial score (nSPS) is 10.6. The minimum absolute atomic E-state index is 0. The van der Waals surface area contributed by atoms with Gasteiger partial charge in [-0.15, -0.1) is 12.4 Å². The van der Waals surface area contributed by atoms with Crippen molar-refractivity contribution in [3.63, 3.8) is 0 Å². The number of aromatic nitrogens is 1. The fourth-order valence-electron chi connectivity index (χ4n) is 3.24. The Balaban J connectivity index is 0.00000210. The van der Waals surface area contributed by atoms with Crippen LogP contribution >= 0.6 is 35.6 Å². The summed E-state index contributed by atoms with van der Waals surface area (Å²) in [5.41, 5.74) is 5.62. The van der Waals surface area contributed by atoms with E-state index in [9.17, 15) is 5.11 Å². The van der Waals surface area contributed by atoms with Crippen LogP contribution in [-0.2, 0) is 0 Å². The van der Waals surface area contributed by atoms with E-state index in [1.54, 1.807) is 12.1 Å². The number of pyridine rings is 1. The highest BCUT2D eigenvalue weighted by Crippen LogP contribution is 2.40. The highest BCUT2D eigenvalue weighted by atomic mass is 35.5. The van der Waals surface area contributed by atoms with E-state index in [4.69, 9.17) is 28.2 Å². The van der Waals surface area contributed by atoms with Crippen LogP contribution in [-0.4, -0.2) is 10.1 Å². The van der Waals surface area contributed by atoms with Crippen LogP contribution in [0.3, 0.4) is 0 Å². The number of aromatic hydroxyl groups is 1. The summed E-state index contributed by atoms with van der Waals surface area (Å²) in [6, 6.07) is 20.5. The molecule has 0 aliphatic rings. The predicted molar refractivity (Wildman–Crippen MR) is 116 cm³/mol. The highest BCUT2D eigenvalue weighted by Gasteiger charge is 2.17. The van der Waals surface area contributed by atoms with Gasteiger partial charge in [0.25, 0.3) is 0 Å². The van der Waals surface area contributed by atoms with E-state index in [2.05, 4.69) is 0 Å². The lowest BCUT2D eigenvalue weighted by Crippen LogP contribution is -1.96. The van der Waals surface area contributed by atoms with Crippen molar-refractivity contribution in [2.24, 2.45) is 0 Å². The van der Waals surface area contributed by atoms with Gasteiger partial charge in [0.15, 0.2) is 0 Å². The maximum absolute atomic E-state index is 9.59. The molecule has 5 heteroatoms. The van der Waals surface area contributed by atoms with Crippen LogP contribution in [0.1, 0.15) is 5.56 Å². The number of phenolic OH excluding ortho intramolecular Hbond substituents is 1. The van der Waals surface area contributed by atoms with Gasteiger partial charge >= 0.3 is 0 Å². The molecule has 0 bridgehead atoms. The smallest absolute Gasteiger partial charge is 0.115 e. The first-order valence-corrected chi connectivity index (χ1v) is 8.94. The maximum atomic E-state index is 9.59. The molecule has 0 unspecified atom stereocenters. The third-order valence-electron chi connectivity index (χ3n) is 4.47. The van der Waals surface area contributed by atoms with Gasteiger partial charge in [0, 0.05) is 26.6 Å². The molecule has 0 saturated heterocycles. The summed E-state index contributed by atoms with van der Waals surface area (Å²) >= 11 is 12.8. The lowest BCUT2D eigenvalue weighted by atomic mass is 9.93. The number of hydrogen-bond donors (Lipinski definition) is 1. The summed E-state index contributed by atoms with van der Waals surface area (Å²) in [6.07, 6.45) is 0. The van der Waals surface area contributed by atoms with Gasteiger partial charge in [-0.25, -0.2) is 4.98 Å². The van der Waals surface area contributed by atoms with Gasteiger partial charge in [0.05, 0.1) is 11.2 Å². The first-order valence-electron chi connectivity index (χ1n) is 8.19. The first-order chi connectivity index (χ1) is 12.5. The number of nitrogens with zero attached hydrogens (tertiary/aromatic N) is 1. The predicted octanol–water partition coefficient (Wildman–Crippen LogP) is 7.31. The van der Waals surface area contributed by atoms with Crippen molar-refractivity contribution in [3.05, 3.63) is 82.3 Å². The molecule has 136 valence electrons. The third-order valence-corrected chi connectivity index (χ3v) is 5.04. The number of phenols is 1. The van der Waals surface area contributed by atoms with E-state index < -0.39 is 0 Å². The van der Waals surface area contributed by atoms with Crippen molar-refractivity contribution in [1.29, 1.82) is 0 Å². The van der Waals surface area contributed by atoms with Crippen molar-refractivity contribution in [1.82, 2.24) is 4.98 Å². The fourth-order valence-corrected chi connectivity index (χ4v) is 3.64. The zero-order valence-corrected chi connectivity index (χ0v) is 16.7. The molecule has 0 amide bonds. The van der Waals surface area contributed by atoms with E-state index in [1.807, 2.05) is 61.5 Å². The van der Waals surface area contributed by atoms with Gasteiger partial charge in [0.1, 0.15) is 5.75 Å². The molecule has 4 aromatic rings. The largest absolute Gasteiger partial charge is 0.508 e. The van der Waals surface area contributed by atoms with Gasteiger partial charge in [-0.05, 0) is 66.6 Å². The molecule has 1 N–H and O–H groups in total. The van der Waals surface area contributed by atoms with Crippen LogP contribution in [0.4, 0.5) is 0 Å². The first kappa shape index (κ1) is 19.5. The third kappa shape index (κ3) is 3.61. The Morgan fingerprint density at radius 3 is 2.30 bits per heavy atom. The second-order valence-corrected chi connectivity index (χ2v) is 6.99. The summed E-state index contributed by atoms with van der Waals surface area (Å²) in [4.78, 5) is 4.85. The monoisotopic (exact) mass is 415 g/mol. The van der Waals surface area contributed by atoms with E-state index in [-0.39, 0.29) is 18.2 Å². The lowest BCUT2D eigenvalue weighted by Gasteiger charge is -2.16. The summed E-state index contributed by atoms with van der Waals surface area (Å²) in [6.45, 7) is 2.04. The Morgan fingerprint density at radius 2 is 1.59 bits per heavy atom. The molecule has 3 aromatic carbocycles. The molecule has 1 aromatic heterocycles. The van der Waals surface area contributed by atoms with E-state index in [0.29, 0.717) is 10.0 Å². The maximum Gasteiger partial charge on any atom is 0.115 e.